The molecule has 14 heavy (non-hydrogen) atoms. The van der Waals surface area contributed by atoms with Crippen molar-refractivity contribution in [2.75, 3.05) is 11.9 Å². The van der Waals surface area contributed by atoms with Crippen molar-refractivity contribution >= 4 is 47.8 Å². The van der Waals surface area contributed by atoms with Gasteiger partial charge in [0.15, 0.2) is 0 Å². The van der Waals surface area contributed by atoms with Crippen LogP contribution in [0.25, 0.3) is 0 Å². The average Bonchev–Trinajstić information content (AvgIpc) is 2.15. The molecule has 0 bridgehead atoms. The number of benzene rings is 1. The fourth-order valence-electron chi connectivity index (χ4n) is 0.971. The highest BCUT2D eigenvalue weighted by Crippen LogP contribution is 2.28. The molecule has 0 amide bonds. The third kappa shape index (κ3) is 4.32. The summed E-state index contributed by atoms with van der Waals surface area (Å²) in [4.78, 5) is 0. The molecule has 0 aliphatic rings. The average molecular weight is 387 g/mol. The molecule has 78 valence electrons. The maximum Gasteiger partial charge on any atom is 0.133 e. The molecule has 0 spiro atoms. The van der Waals surface area contributed by atoms with E-state index in [4.69, 9.17) is 4.74 Å². The number of hydrogen-bond donors (Lipinski definition) is 0. The van der Waals surface area contributed by atoms with E-state index >= 15 is 0 Å². The lowest BCUT2D eigenvalue weighted by Gasteiger charge is -2.07. The van der Waals surface area contributed by atoms with Gasteiger partial charge in [-0.15, -0.1) is 0 Å². The van der Waals surface area contributed by atoms with Crippen LogP contribution in [-0.4, -0.2) is 11.9 Å². The molecular weight excluding hydrogens is 376 g/mol. The monoisotopic (exact) mass is 384 g/mol. The van der Waals surface area contributed by atoms with Gasteiger partial charge in [-0.05, 0) is 47.0 Å². The van der Waals surface area contributed by atoms with Gasteiger partial charge in [-0.2, -0.15) is 0 Å². The Bertz CT molecular complexity index is 289. The molecule has 1 rings (SSSR count). The zero-order valence-corrected chi connectivity index (χ0v) is 12.4. The van der Waals surface area contributed by atoms with Crippen LogP contribution in [0.5, 0.6) is 5.75 Å². The summed E-state index contributed by atoms with van der Waals surface area (Å²) in [7, 11) is 0. The van der Waals surface area contributed by atoms with Crippen LogP contribution in [0, 0.1) is 0 Å². The fraction of sp³-hybridized carbons (Fsp3) is 0.400. The van der Waals surface area contributed by atoms with Crippen molar-refractivity contribution in [2.24, 2.45) is 0 Å². The lowest BCUT2D eigenvalue weighted by molar-refractivity contribution is 0.308. The molecule has 0 heterocycles. The van der Waals surface area contributed by atoms with Crippen molar-refractivity contribution in [2.45, 2.75) is 12.8 Å². The van der Waals surface area contributed by atoms with Gasteiger partial charge in [-0.1, -0.05) is 31.9 Å². The van der Waals surface area contributed by atoms with Crippen LogP contribution in [0.4, 0.5) is 0 Å². The summed E-state index contributed by atoms with van der Waals surface area (Å²) in [6, 6.07) is 5.92. The molecular formula is C10H11Br3O. The molecule has 1 aromatic carbocycles. The van der Waals surface area contributed by atoms with E-state index in [2.05, 4.69) is 47.8 Å². The molecule has 1 nitrogen and oxygen atoms in total. The van der Waals surface area contributed by atoms with E-state index < -0.39 is 0 Å². The highest BCUT2D eigenvalue weighted by Gasteiger charge is 2.00. The van der Waals surface area contributed by atoms with Crippen LogP contribution in [0.2, 0.25) is 0 Å². The van der Waals surface area contributed by atoms with E-state index in [1.807, 2.05) is 18.2 Å². The minimum atomic E-state index is 0.770. The van der Waals surface area contributed by atoms with E-state index in [9.17, 15) is 0 Å². The number of rotatable bonds is 5. The Kier molecular flexibility index (Phi) is 6.13. The van der Waals surface area contributed by atoms with Crippen molar-refractivity contribution < 1.29 is 4.74 Å². The molecule has 0 saturated carbocycles. The molecule has 4 heteroatoms. The fourth-order valence-corrected chi connectivity index (χ4v) is 2.53. The highest BCUT2D eigenvalue weighted by molar-refractivity contribution is 9.11. The number of hydrogen-bond acceptors (Lipinski definition) is 1. The molecule has 0 aliphatic carbocycles. The van der Waals surface area contributed by atoms with Gasteiger partial charge < -0.3 is 4.74 Å². The van der Waals surface area contributed by atoms with E-state index in [0.29, 0.717) is 0 Å². The Labute approximate surface area is 110 Å². The Hall–Kier alpha value is 0.460. The van der Waals surface area contributed by atoms with E-state index in [1.54, 1.807) is 0 Å². The van der Waals surface area contributed by atoms with Gasteiger partial charge in [0, 0.05) is 9.80 Å². The van der Waals surface area contributed by atoms with E-state index in [0.717, 1.165) is 39.5 Å². The lowest BCUT2D eigenvalue weighted by Crippen LogP contribution is -1.97. The summed E-state index contributed by atoms with van der Waals surface area (Å²) >= 11 is 10.2. The molecule has 0 aromatic heterocycles. The van der Waals surface area contributed by atoms with Crippen LogP contribution < -0.4 is 4.74 Å². The minimum absolute atomic E-state index is 0.770. The van der Waals surface area contributed by atoms with E-state index in [-0.39, 0.29) is 0 Å². The maximum absolute atomic E-state index is 5.61. The number of alkyl halides is 1. The molecule has 0 N–H and O–H groups in total. The zero-order valence-electron chi connectivity index (χ0n) is 7.60. The normalized spacial score (nSPS) is 10.2. The summed E-state index contributed by atoms with van der Waals surface area (Å²) in [5.74, 6) is 0.905. The van der Waals surface area contributed by atoms with Gasteiger partial charge in [0.25, 0.3) is 0 Å². The summed E-state index contributed by atoms with van der Waals surface area (Å²) in [5.41, 5.74) is 0. The van der Waals surface area contributed by atoms with Gasteiger partial charge in [-0.25, -0.2) is 0 Å². The molecule has 0 aliphatic heterocycles. The van der Waals surface area contributed by atoms with Gasteiger partial charge in [0.2, 0.25) is 0 Å². The third-order valence-electron chi connectivity index (χ3n) is 1.68. The molecule has 0 atom stereocenters. The summed E-state index contributed by atoms with van der Waals surface area (Å²) < 4.78 is 7.65. The first kappa shape index (κ1) is 12.5. The zero-order chi connectivity index (χ0) is 10.4. The first-order valence-electron chi connectivity index (χ1n) is 4.38. The van der Waals surface area contributed by atoms with Crippen molar-refractivity contribution in [1.29, 1.82) is 0 Å². The Balaban J connectivity index is 2.42. The SMILES string of the molecule is BrCCCCOc1ccc(Br)cc1Br. The minimum Gasteiger partial charge on any atom is -0.492 e. The molecule has 1 aromatic rings. The highest BCUT2D eigenvalue weighted by atomic mass is 79.9. The summed E-state index contributed by atoms with van der Waals surface area (Å²) in [6.45, 7) is 0.770. The second-order valence-corrected chi connectivity index (χ2v) is 5.38. The van der Waals surface area contributed by atoms with Gasteiger partial charge in [0.05, 0.1) is 11.1 Å². The van der Waals surface area contributed by atoms with Crippen LogP contribution in [0.3, 0.4) is 0 Å². The molecule has 0 saturated heterocycles. The van der Waals surface area contributed by atoms with Gasteiger partial charge in [-0.3, -0.25) is 0 Å². The van der Waals surface area contributed by atoms with Crippen LogP contribution in [-0.2, 0) is 0 Å². The predicted molar refractivity (Wildman–Crippen MR) is 70.4 cm³/mol. The Morgan fingerprint density at radius 3 is 2.57 bits per heavy atom. The second kappa shape index (κ2) is 6.85. The molecule has 0 fully saturated rings. The lowest BCUT2D eigenvalue weighted by atomic mass is 10.3. The number of ether oxygens (including phenoxy) is 1. The topological polar surface area (TPSA) is 9.23 Å². The Morgan fingerprint density at radius 1 is 1.14 bits per heavy atom. The van der Waals surface area contributed by atoms with Crippen LogP contribution >= 0.6 is 47.8 Å². The van der Waals surface area contributed by atoms with Crippen LogP contribution in [0.1, 0.15) is 12.8 Å². The first-order valence-corrected chi connectivity index (χ1v) is 7.08. The van der Waals surface area contributed by atoms with Crippen molar-refractivity contribution in [1.82, 2.24) is 0 Å². The van der Waals surface area contributed by atoms with E-state index in [1.165, 1.54) is 0 Å². The summed E-state index contributed by atoms with van der Waals surface area (Å²) in [5, 5.41) is 1.04. The van der Waals surface area contributed by atoms with Gasteiger partial charge in [0.1, 0.15) is 5.75 Å². The number of unbranched alkanes of at least 4 members (excludes halogenated alkanes) is 1. The maximum atomic E-state index is 5.61. The predicted octanol–water partition coefficient (Wildman–Crippen LogP) is 4.77. The summed E-state index contributed by atoms with van der Waals surface area (Å²) in [6.07, 6.45) is 2.22. The largest absolute Gasteiger partial charge is 0.492 e. The number of halogens is 3. The van der Waals surface area contributed by atoms with Gasteiger partial charge >= 0.3 is 0 Å². The van der Waals surface area contributed by atoms with Crippen LogP contribution in [0.15, 0.2) is 27.1 Å². The van der Waals surface area contributed by atoms with Crippen molar-refractivity contribution in [3.05, 3.63) is 27.1 Å². The van der Waals surface area contributed by atoms with Crippen molar-refractivity contribution in [3.8, 4) is 5.75 Å². The smallest absolute Gasteiger partial charge is 0.133 e. The second-order valence-electron chi connectivity index (χ2n) is 2.82. The third-order valence-corrected chi connectivity index (χ3v) is 3.35. The van der Waals surface area contributed by atoms with Crippen molar-refractivity contribution in [3.63, 3.8) is 0 Å². The molecule has 0 radical (unpaired) electrons. The first-order chi connectivity index (χ1) is 6.74. The quantitative estimate of drug-likeness (QED) is 0.523. The standard InChI is InChI=1S/C10H11Br3O/c11-5-1-2-6-14-10-4-3-8(12)7-9(10)13/h3-4,7H,1-2,5-6H2. The Morgan fingerprint density at radius 2 is 1.93 bits per heavy atom. The molecule has 0 unspecified atom stereocenters.